The molecule has 0 amide bonds. The number of hydrogen-bond donors (Lipinski definition) is 3. The first-order valence-electron chi connectivity index (χ1n) is 10.9. The van der Waals surface area contributed by atoms with E-state index in [-0.39, 0.29) is 14.0 Å². The molecule has 2 aromatic carbocycles. The van der Waals surface area contributed by atoms with Gasteiger partial charge in [-0.05, 0) is 65.7 Å². The van der Waals surface area contributed by atoms with Gasteiger partial charge in [-0.2, -0.15) is 0 Å². The molecule has 3 aromatic rings. The first-order chi connectivity index (χ1) is 16.0. The molecule has 0 bridgehead atoms. The summed E-state index contributed by atoms with van der Waals surface area (Å²) in [5, 5.41) is 12.3. The van der Waals surface area contributed by atoms with Crippen LogP contribution >= 0.6 is 35.2 Å². The number of halogens is 2. The standard InChI is InChI=1S/C25H28BrFN3OPS/c1-31-22-14-16(32(2)3)9-10-20(22)29-12-5-8-23-24(26)17-6-4-7-21(25(17)33-23)30-19-11-13-28-15-18(19)27/h4,6-7,9-10,14,18-19,28-30H,11-13,15H2,1-3H3. The van der Waals surface area contributed by atoms with Gasteiger partial charge in [0, 0.05) is 11.9 Å². The molecule has 8 heteroatoms. The molecule has 1 aliphatic rings. The zero-order valence-corrected chi connectivity index (χ0v) is 22.3. The number of ether oxygens (including phenoxy) is 1. The monoisotopic (exact) mass is 547 g/mol. The summed E-state index contributed by atoms with van der Waals surface area (Å²) in [6.45, 7) is 6.20. The highest BCUT2D eigenvalue weighted by atomic mass is 79.9. The quantitative estimate of drug-likeness (QED) is 0.277. The van der Waals surface area contributed by atoms with Gasteiger partial charge in [-0.25, -0.2) is 4.39 Å². The molecule has 3 N–H and O–H groups in total. The molecule has 0 aliphatic carbocycles. The fraction of sp³-hybridized carbons (Fsp3) is 0.360. The van der Waals surface area contributed by atoms with Crippen molar-refractivity contribution in [2.45, 2.75) is 18.6 Å². The molecule has 4 nitrogen and oxygen atoms in total. The smallest absolute Gasteiger partial charge is 0.142 e. The SMILES string of the molecule is COc1cc(P(C)C)ccc1NCC#Cc1sc2c(NC3CCNCC3F)cccc2c1Br. The summed E-state index contributed by atoms with van der Waals surface area (Å²) in [5.74, 6) is 7.36. The molecule has 2 atom stereocenters. The van der Waals surface area contributed by atoms with Crippen LogP contribution in [0.4, 0.5) is 15.8 Å². The highest BCUT2D eigenvalue weighted by Crippen LogP contribution is 2.39. The number of anilines is 2. The van der Waals surface area contributed by atoms with Gasteiger partial charge in [-0.15, -0.1) is 11.3 Å². The van der Waals surface area contributed by atoms with Crippen LogP contribution in [-0.2, 0) is 0 Å². The van der Waals surface area contributed by atoms with Gasteiger partial charge in [0.15, 0.2) is 0 Å². The average molecular weight is 548 g/mol. The Morgan fingerprint density at radius 3 is 2.88 bits per heavy atom. The molecular formula is C25H28BrFN3OPS. The lowest BCUT2D eigenvalue weighted by atomic mass is 10.0. The van der Waals surface area contributed by atoms with Crippen molar-refractivity contribution in [2.75, 3.05) is 50.7 Å². The van der Waals surface area contributed by atoms with E-state index < -0.39 is 6.17 Å². The minimum Gasteiger partial charge on any atom is -0.495 e. The number of piperidine rings is 1. The van der Waals surface area contributed by atoms with Crippen molar-refractivity contribution >= 4 is 62.0 Å². The van der Waals surface area contributed by atoms with Gasteiger partial charge in [0.05, 0.1) is 45.1 Å². The van der Waals surface area contributed by atoms with Crippen LogP contribution in [0.2, 0.25) is 0 Å². The molecule has 0 saturated carbocycles. The molecule has 0 spiro atoms. The molecule has 1 saturated heterocycles. The van der Waals surface area contributed by atoms with Crippen LogP contribution < -0.4 is 26.0 Å². The van der Waals surface area contributed by atoms with Gasteiger partial charge in [-0.1, -0.05) is 38.0 Å². The van der Waals surface area contributed by atoms with E-state index in [0.717, 1.165) is 49.5 Å². The normalized spacial score (nSPS) is 18.1. The zero-order valence-electron chi connectivity index (χ0n) is 19.0. The topological polar surface area (TPSA) is 45.3 Å². The Hall–Kier alpha value is -1.84. The van der Waals surface area contributed by atoms with E-state index in [2.05, 4.69) is 81.3 Å². The minimum atomic E-state index is -0.893. The molecule has 1 aromatic heterocycles. The van der Waals surface area contributed by atoms with Gasteiger partial charge in [-0.3, -0.25) is 0 Å². The molecule has 33 heavy (non-hydrogen) atoms. The van der Waals surface area contributed by atoms with Crippen LogP contribution in [0.25, 0.3) is 10.1 Å². The van der Waals surface area contributed by atoms with Crippen LogP contribution in [0, 0.1) is 11.8 Å². The molecule has 1 fully saturated rings. The fourth-order valence-electron chi connectivity index (χ4n) is 3.83. The van der Waals surface area contributed by atoms with Crippen molar-refractivity contribution in [3.63, 3.8) is 0 Å². The van der Waals surface area contributed by atoms with Gasteiger partial charge in [0.2, 0.25) is 0 Å². The van der Waals surface area contributed by atoms with Crippen LogP contribution in [0.1, 0.15) is 11.3 Å². The van der Waals surface area contributed by atoms with Crippen LogP contribution in [0.15, 0.2) is 40.9 Å². The van der Waals surface area contributed by atoms with Gasteiger partial charge in [0.1, 0.15) is 11.9 Å². The second-order valence-electron chi connectivity index (χ2n) is 8.12. The van der Waals surface area contributed by atoms with Gasteiger partial charge >= 0.3 is 0 Å². The van der Waals surface area contributed by atoms with Crippen molar-refractivity contribution in [1.29, 1.82) is 0 Å². The summed E-state index contributed by atoms with van der Waals surface area (Å²) in [5.41, 5.74) is 1.91. The summed E-state index contributed by atoms with van der Waals surface area (Å²) in [4.78, 5) is 0.966. The molecular weight excluding hydrogens is 520 g/mol. The Balaban J connectivity index is 1.49. The van der Waals surface area contributed by atoms with Crippen molar-refractivity contribution in [1.82, 2.24) is 5.32 Å². The lowest BCUT2D eigenvalue weighted by Gasteiger charge is -2.28. The molecule has 4 rings (SSSR count). The van der Waals surface area contributed by atoms with Crippen LogP contribution in [-0.4, -0.2) is 52.3 Å². The number of thiophene rings is 1. The summed E-state index contributed by atoms with van der Waals surface area (Å²) < 4.78 is 21.9. The Labute approximate surface area is 208 Å². The Kier molecular flexibility index (Phi) is 8.14. The van der Waals surface area contributed by atoms with Crippen LogP contribution in [0.5, 0.6) is 5.75 Å². The van der Waals surface area contributed by atoms with Crippen molar-refractivity contribution in [2.24, 2.45) is 0 Å². The maximum Gasteiger partial charge on any atom is 0.142 e. The average Bonchev–Trinajstić information content (AvgIpc) is 3.14. The maximum absolute atomic E-state index is 14.3. The van der Waals surface area contributed by atoms with Crippen molar-refractivity contribution < 1.29 is 9.13 Å². The number of methoxy groups -OCH3 is 1. The molecule has 0 radical (unpaired) electrons. The maximum atomic E-state index is 14.3. The third-order valence-electron chi connectivity index (χ3n) is 5.67. The predicted molar refractivity (Wildman–Crippen MR) is 146 cm³/mol. The number of nitrogens with one attached hydrogen (secondary N) is 3. The van der Waals surface area contributed by atoms with Gasteiger partial charge < -0.3 is 20.7 Å². The number of hydrogen-bond acceptors (Lipinski definition) is 5. The van der Waals surface area contributed by atoms with Crippen molar-refractivity contribution in [3.8, 4) is 17.6 Å². The van der Waals surface area contributed by atoms with E-state index in [1.807, 2.05) is 12.1 Å². The van der Waals surface area contributed by atoms with E-state index in [0.29, 0.717) is 13.1 Å². The van der Waals surface area contributed by atoms with E-state index in [4.69, 9.17) is 4.74 Å². The highest BCUT2D eigenvalue weighted by molar-refractivity contribution is 9.10. The summed E-state index contributed by atoms with van der Waals surface area (Å²) in [6.07, 6.45) is -0.124. The molecule has 174 valence electrons. The first-order valence-corrected chi connectivity index (χ1v) is 14.7. The van der Waals surface area contributed by atoms with E-state index in [1.54, 1.807) is 18.4 Å². The second-order valence-corrected chi connectivity index (χ2v) is 12.2. The summed E-state index contributed by atoms with van der Waals surface area (Å²) in [6, 6.07) is 12.2. The second kappa shape index (κ2) is 11.1. The van der Waals surface area contributed by atoms with E-state index >= 15 is 0 Å². The van der Waals surface area contributed by atoms with Crippen molar-refractivity contribution in [3.05, 3.63) is 45.7 Å². The first kappa shape index (κ1) is 24.3. The third kappa shape index (κ3) is 5.63. The summed E-state index contributed by atoms with van der Waals surface area (Å²) >= 11 is 5.35. The number of rotatable bonds is 6. The molecule has 2 heterocycles. The fourth-order valence-corrected chi connectivity index (χ4v) is 6.43. The molecule has 1 aliphatic heterocycles. The summed E-state index contributed by atoms with van der Waals surface area (Å²) in [7, 11) is 1.52. The lowest BCUT2D eigenvalue weighted by molar-refractivity contribution is 0.245. The predicted octanol–water partition coefficient (Wildman–Crippen LogP) is 5.61. The third-order valence-corrected chi connectivity index (χ3v) is 9.23. The number of fused-ring (bicyclic) bond motifs is 1. The number of benzene rings is 2. The Bertz CT molecular complexity index is 1190. The number of alkyl halides is 1. The zero-order chi connectivity index (χ0) is 23.4. The highest BCUT2D eigenvalue weighted by Gasteiger charge is 2.25. The lowest BCUT2D eigenvalue weighted by Crippen LogP contribution is -2.45. The minimum absolute atomic E-state index is 0.170. The Morgan fingerprint density at radius 1 is 1.27 bits per heavy atom. The molecule has 2 unspecified atom stereocenters. The van der Waals surface area contributed by atoms with E-state index in [9.17, 15) is 4.39 Å². The van der Waals surface area contributed by atoms with E-state index in [1.165, 1.54) is 5.30 Å². The largest absolute Gasteiger partial charge is 0.495 e. The van der Waals surface area contributed by atoms with Crippen LogP contribution in [0.3, 0.4) is 0 Å². The van der Waals surface area contributed by atoms with Gasteiger partial charge in [0.25, 0.3) is 0 Å². The Morgan fingerprint density at radius 2 is 2.12 bits per heavy atom.